The zero-order chi connectivity index (χ0) is 12.3. The van der Waals surface area contributed by atoms with E-state index in [4.69, 9.17) is 10.6 Å². The van der Waals surface area contributed by atoms with E-state index in [0.29, 0.717) is 6.61 Å². The minimum atomic E-state index is -0.0296. The molecule has 0 aromatic carbocycles. The normalized spacial score (nSPS) is 15.7. The maximum atomic E-state index is 5.64. The Labute approximate surface area is 102 Å². The lowest BCUT2D eigenvalue weighted by Gasteiger charge is -2.16. The molecular weight excluding hydrogens is 216 g/mol. The number of hydrogen-bond donors (Lipinski definition) is 2. The average Bonchev–Trinajstić information content (AvgIpc) is 2.82. The van der Waals surface area contributed by atoms with E-state index in [-0.39, 0.29) is 6.10 Å². The second kappa shape index (κ2) is 5.42. The fraction of sp³-hybridized carbons (Fsp3) is 0.667. The molecule has 5 heteroatoms. The second-order valence-electron chi connectivity index (χ2n) is 4.21. The van der Waals surface area contributed by atoms with E-state index in [1.54, 1.807) is 0 Å². The lowest BCUT2D eigenvalue weighted by atomic mass is 10.2. The van der Waals surface area contributed by atoms with Crippen LogP contribution in [0, 0.1) is 0 Å². The van der Waals surface area contributed by atoms with Crippen molar-refractivity contribution >= 4 is 5.82 Å². The molecule has 0 amide bonds. The summed E-state index contributed by atoms with van der Waals surface area (Å²) in [7, 11) is 0. The molecule has 0 bridgehead atoms. The predicted molar refractivity (Wildman–Crippen MR) is 66.5 cm³/mol. The van der Waals surface area contributed by atoms with E-state index in [9.17, 15) is 0 Å². The summed E-state index contributed by atoms with van der Waals surface area (Å²) in [6.07, 6.45) is 4.00. The van der Waals surface area contributed by atoms with E-state index >= 15 is 0 Å². The molecule has 0 radical (unpaired) electrons. The van der Waals surface area contributed by atoms with Gasteiger partial charge in [0.05, 0.1) is 0 Å². The largest absolute Gasteiger partial charge is 0.371 e. The zero-order valence-electron chi connectivity index (χ0n) is 10.5. The highest BCUT2D eigenvalue weighted by Crippen LogP contribution is 2.28. The van der Waals surface area contributed by atoms with E-state index in [1.165, 1.54) is 5.56 Å². The highest BCUT2D eigenvalue weighted by atomic mass is 16.5. The summed E-state index contributed by atoms with van der Waals surface area (Å²) in [6.45, 7) is 4.73. The minimum Gasteiger partial charge on any atom is -0.371 e. The summed E-state index contributed by atoms with van der Waals surface area (Å²) >= 11 is 0. The highest BCUT2D eigenvalue weighted by Gasteiger charge is 2.22. The van der Waals surface area contributed by atoms with E-state index in [1.807, 2.05) is 6.92 Å². The number of hydrazine groups is 1. The Morgan fingerprint density at radius 3 is 2.82 bits per heavy atom. The fourth-order valence-corrected chi connectivity index (χ4v) is 2.29. The lowest BCUT2D eigenvalue weighted by Crippen LogP contribution is -2.16. The molecule has 5 nitrogen and oxygen atoms in total. The molecule has 1 atom stereocenters. The van der Waals surface area contributed by atoms with Crippen LogP contribution in [0.15, 0.2) is 0 Å². The van der Waals surface area contributed by atoms with Crippen LogP contribution in [0.3, 0.4) is 0 Å². The number of ether oxygens (including phenoxy) is 1. The molecule has 3 N–H and O–H groups in total. The van der Waals surface area contributed by atoms with Crippen molar-refractivity contribution in [2.24, 2.45) is 5.84 Å². The SMILES string of the molecule is CCOC(CC)c1nc2c(c(NN)n1)CCC2. The first kappa shape index (κ1) is 12.3. The van der Waals surface area contributed by atoms with Crippen LogP contribution in [-0.2, 0) is 17.6 Å². The van der Waals surface area contributed by atoms with Crippen molar-refractivity contribution in [2.45, 2.75) is 45.6 Å². The lowest BCUT2D eigenvalue weighted by molar-refractivity contribution is 0.0534. The fourth-order valence-electron chi connectivity index (χ4n) is 2.29. The first-order valence-electron chi connectivity index (χ1n) is 6.28. The molecule has 0 aliphatic heterocycles. The average molecular weight is 236 g/mol. The number of nitrogens with zero attached hydrogens (tertiary/aromatic N) is 2. The first-order valence-corrected chi connectivity index (χ1v) is 6.28. The Balaban J connectivity index is 2.35. The second-order valence-corrected chi connectivity index (χ2v) is 4.21. The van der Waals surface area contributed by atoms with Crippen LogP contribution in [0.4, 0.5) is 5.82 Å². The molecule has 2 rings (SSSR count). The van der Waals surface area contributed by atoms with Gasteiger partial charge in [-0.1, -0.05) is 6.92 Å². The van der Waals surface area contributed by atoms with Gasteiger partial charge in [0, 0.05) is 17.9 Å². The summed E-state index contributed by atoms with van der Waals surface area (Å²) in [6, 6.07) is 0. The molecule has 0 fully saturated rings. The van der Waals surface area contributed by atoms with Crippen molar-refractivity contribution < 1.29 is 4.74 Å². The number of anilines is 1. The standard InChI is InChI=1S/C12H20N4O/c1-3-10(17-4-2)12-14-9-7-5-6-8(9)11(15-12)16-13/h10H,3-7,13H2,1-2H3,(H,14,15,16). The van der Waals surface area contributed by atoms with Gasteiger partial charge in [0.15, 0.2) is 5.82 Å². The van der Waals surface area contributed by atoms with Gasteiger partial charge >= 0.3 is 0 Å². The summed E-state index contributed by atoms with van der Waals surface area (Å²) in [5, 5.41) is 0. The first-order chi connectivity index (χ1) is 8.30. The van der Waals surface area contributed by atoms with Crippen molar-refractivity contribution in [3.63, 3.8) is 0 Å². The van der Waals surface area contributed by atoms with Crippen LogP contribution < -0.4 is 11.3 Å². The van der Waals surface area contributed by atoms with E-state index in [2.05, 4.69) is 22.3 Å². The number of nitrogen functional groups attached to an aromatic ring is 1. The molecule has 1 aromatic rings. The third kappa shape index (κ3) is 2.40. The number of nitrogens with two attached hydrogens (primary N) is 1. The van der Waals surface area contributed by atoms with Gasteiger partial charge in [-0.05, 0) is 32.6 Å². The predicted octanol–water partition coefficient (Wildman–Crippen LogP) is 1.74. The van der Waals surface area contributed by atoms with Gasteiger partial charge in [-0.25, -0.2) is 15.8 Å². The Morgan fingerprint density at radius 2 is 2.18 bits per heavy atom. The van der Waals surface area contributed by atoms with Crippen molar-refractivity contribution in [3.8, 4) is 0 Å². The van der Waals surface area contributed by atoms with Gasteiger partial charge in [0.25, 0.3) is 0 Å². The van der Waals surface area contributed by atoms with Crippen molar-refractivity contribution in [3.05, 3.63) is 17.1 Å². The van der Waals surface area contributed by atoms with Crippen LogP contribution in [0.25, 0.3) is 0 Å². The van der Waals surface area contributed by atoms with Gasteiger partial charge in [0.1, 0.15) is 11.9 Å². The Kier molecular flexibility index (Phi) is 3.91. The maximum absolute atomic E-state index is 5.64. The van der Waals surface area contributed by atoms with Gasteiger partial charge in [0.2, 0.25) is 0 Å². The Bertz CT molecular complexity index is 394. The van der Waals surface area contributed by atoms with Gasteiger partial charge < -0.3 is 10.2 Å². The zero-order valence-corrected chi connectivity index (χ0v) is 10.5. The van der Waals surface area contributed by atoms with Crippen LogP contribution >= 0.6 is 0 Å². The van der Waals surface area contributed by atoms with Crippen molar-refractivity contribution in [1.29, 1.82) is 0 Å². The summed E-state index contributed by atoms with van der Waals surface area (Å²) in [5.41, 5.74) is 4.98. The molecule has 1 aliphatic rings. The smallest absolute Gasteiger partial charge is 0.159 e. The van der Waals surface area contributed by atoms with Gasteiger partial charge in [-0.2, -0.15) is 0 Å². The van der Waals surface area contributed by atoms with Crippen LogP contribution in [0.1, 0.15) is 49.9 Å². The summed E-state index contributed by atoms with van der Waals surface area (Å²) < 4.78 is 5.64. The molecule has 94 valence electrons. The number of fused-ring (bicyclic) bond motifs is 1. The monoisotopic (exact) mass is 236 g/mol. The molecule has 1 aromatic heterocycles. The molecule has 0 saturated carbocycles. The molecule has 1 heterocycles. The number of rotatable bonds is 5. The topological polar surface area (TPSA) is 73.1 Å². The number of nitrogens with one attached hydrogen (secondary N) is 1. The molecule has 1 unspecified atom stereocenters. The van der Waals surface area contributed by atoms with Crippen LogP contribution in [0.5, 0.6) is 0 Å². The van der Waals surface area contributed by atoms with Crippen LogP contribution in [-0.4, -0.2) is 16.6 Å². The van der Waals surface area contributed by atoms with Crippen molar-refractivity contribution in [1.82, 2.24) is 9.97 Å². The molecular formula is C12H20N4O. The maximum Gasteiger partial charge on any atom is 0.159 e. The van der Waals surface area contributed by atoms with Gasteiger partial charge in [-0.15, -0.1) is 0 Å². The van der Waals surface area contributed by atoms with E-state index in [0.717, 1.165) is 43.0 Å². The van der Waals surface area contributed by atoms with Crippen molar-refractivity contribution in [2.75, 3.05) is 12.0 Å². The number of aromatic nitrogens is 2. The number of hydrogen-bond acceptors (Lipinski definition) is 5. The Hall–Kier alpha value is -1.20. The minimum absolute atomic E-state index is 0.0296. The number of aryl methyl sites for hydroxylation is 1. The molecule has 0 saturated heterocycles. The highest BCUT2D eigenvalue weighted by molar-refractivity contribution is 5.48. The third-order valence-electron chi connectivity index (χ3n) is 3.11. The van der Waals surface area contributed by atoms with Crippen LogP contribution in [0.2, 0.25) is 0 Å². The molecule has 1 aliphatic carbocycles. The van der Waals surface area contributed by atoms with Gasteiger partial charge in [-0.3, -0.25) is 0 Å². The summed E-state index contributed by atoms with van der Waals surface area (Å²) in [4.78, 5) is 9.10. The quantitative estimate of drug-likeness (QED) is 0.601. The third-order valence-corrected chi connectivity index (χ3v) is 3.11. The molecule has 17 heavy (non-hydrogen) atoms. The van der Waals surface area contributed by atoms with E-state index < -0.39 is 0 Å². The Morgan fingerprint density at radius 1 is 1.35 bits per heavy atom. The molecule has 0 spiro atoms. The summed E-state index contributed by atoms with van der Waals surface area (Å²) in [5.74, 6) is 7.04.